The Hall–Kier alpha value is -2.18. The van der Waals surface area contributed by atoms with Crippen LogP contribution in [-0.4, -0.2) is 39.8 Å². The zero-order valence-corrected chi connectivity index (χ0v) is 10.3. The van der Waals surface area contributed by atoms with E-state index >= 15 is 0 Å². The van der Waals surface area contributed by atoms with Gasteiger partial charge in [0.2, 0.25) is 0 Å². The largest absolute Gasteiger partial charge is 0.480 e. The Morgan fingerprint density at radius 3 is 2.50 bits per heavy atom. The summed E-state index contributed by atoms with van der Waals surface area (Å²) in [5.74, 6) is -0.925. The van der Waals surface area contributed by atoms with Crippen molar-refractivity contribution < 1.29 is 14.7 Å². The second-order valence-corrected chi connectivity index (χ2v) is 3.61. The number of carbonyl (C=O) groups excluding carboxylic acids is 1. The van der Waals surface area contributed by atoms with Gasteiger partial charge in [0.25, 0.3) is 5.91 Å². The van der Waals surface area contributed by atoms with Crippen molar-refractivity contribution in [3.63, 3.8) is 0 Å². The van der Waals surface area contributed by atoms with Gasteiger partial charge in [0, 0.05) is 6.54 Å². The summed E-state index contributed by atoms with van der Waals surface area (Å²) in [6.45, 7) is 4.07. The topological polar surface area (TPSA) is 104 Å². The molecule has 0 aliphatic carbocycles. The molecule has 1 atom stereocenters. The van der Waals surface area contributed by atoms with Crippen LogP contribution in [0, 0.1) is 0 Å². The third-order valence-corrected chi connectivity index (χ3v) is 2.26. The normalized spacial score (nSPS) is 11.7. The quantitative estimate of drug-likeness (QED) is 0.681. The van der Waals surface area contributed by atoms with Crippen LogP contribution in [0.4, 0.5) is 5.82 Å². The van der Waals surface area contributed by atoms with Gasteiger partial charge in [0.05, 0.1) is 0 Å². The first kappa shape index (κ1) is 13.9. The molecule has 1 amide bonds. The SMILES string of the molecule is CCNC(=O)c1ccc(NC(CC)C(=O)O)nn1. The van der Waals surface area contributed by atoms with Gasteiger partial charge in [-0.25, -0.2) is 4.79 Å². The lowest BCUT2D eigenvalue weighted by molar-refractivity contribution is -0.137. The zero-order chi connectivity index (χ0) is 13.5. The number of anilines is 1. The second kappa shape index (κ2) is 6.53. The highest BCUT2D eigenvalue weighted by molar-refractivity contribution is 5.92. The number of nitrogens with one attached hydrogen (secondary N) is 2. The van der Waals surface area contributed by atoms with Gasteiger partial charge in [-0.2, -0.15) is 0 Å². The molecule has 7 nitrogen and oxygen atoms in total. The molecule has 1 heterocycles. The smallest absolute Gasteiger partial charge is 0.326 e. The van der Waals surface area contributed by atoms with Crippen LogP contribution in [0.5, 0.6) is 0 Å². The fraction of sp³-hybridized carbons (Fsp3) is 0.455. The van der Waals surface area contributed by atoms with E-state index in [0.29, 0.717) is 18.8 Å². The Labute approximate surface area is 105 Å². The van der Waals surface area contributed by atoms with Crippen molar-refractivity contribution in [3.05, 3.63) is 17.8 Å². The number of nitrogens with zero attached hydrogens (tertiary/aromatic N) is 2. The molecule has 3 N–H and O–H groups in total. The lowest BCUT2D eigenvalue weighted by Crippen LogP contribution is -2.29. The Kier molecular flexibility index (Phi) is 5.04. The van der Waals surface area contributed by atoms with Gasteiger partial charge in [0.15, 0.2) is 5.69 Å². The van der Waals surface area contributed by atoms with E-state index in [2.05, 4.69) is 20.8 Å². The summed E-state index contributed by atoms with van der Waals surface area (Å²) in [6.07, 6.45) is 0.426. The maximum atomic E-state index is 11.4. The molecule has 0 spiro atoms. The molecule has 7 heteroatoms. The molecule has 98 valence electrons. The summed E-state index contributed by atoms with van der Waals surface area (Å²) in [4.78, 5) is 22.2. The fourth-order valence-electron chi connectivity index (χ4n) is 1.30. The van der Waals surface area contributed by atoms with Crippen molar-refractivity contribution in [2.75, 3.05) is 11.9 Å². The summed E-state index contributed by atoms with van der Waals surface area (Å²) >= 11 is 0. The molecule has 0 radical (unpaired) electrons. The van der Waals surface area contributed by atoms with Crippen LogP contribution < -0.4 is 10.6 Å². The molecule has 0 bridgehead atoms. The summed E-state index contributed by atoms with van der Waals surface area (Å²) in [5, 5.41) is 21.7. The minimum absolute atomic E-state index is 0.200. The number of hydrogen-bond acceptors (Lipinski definition) is 5. The molecular formula is C11H16N4O3. The van der Waals surface area contributed by atoms with E-state index in [4.69, 9.17) is 5.11 Å². The van der Waals surface area contributed by atoms with E-state index in [0.717, 1.165) is 0 Å². The van der Waals surface area contributed by atoms with Crippen molar-refractivity contribution in [1.82, 2.24) is 15.5 Å². The van der Waals surface area contributed by atoms with Gasteiger partial charge in [-0.15, -0.1) is 10.2 Å². The molecule has 1 aromatic rings. The molecule has 0 aromatic carbocycles. The van der Waals surface area contributed by atoms with Crippen molar-refractivity contribution in [3.8, 4) is 0 Å². The van der Waals surface area contributed by atoms with E-state index < -0.39 is 12.0 Å². The molecule has 0 saturated carbocycles. The molecule has 0 saturated heterocycles. The summed E-state index contributed by atoms with van der Waals surface area (Å²) < 4.78 is 0. The van der Waals surface area contributed by atoms with Gasteiger partial charge in [-0.3, -0.25) is 4.79 Å². The second-order valence-electron chi connectivity index (χ2n) is 3.61. The first-order chi connectivity index (χ1) is 8.58. The van der Waals surface area contributed by atoms with Crippen molar-refractivity contribution in [2.45, 2.75) is 26.3 Å². The average molecular weight is 252 g/mol. The number of carboxylic acids is 1. The van der Waals surface area contributed by atoms with Crippen molar-refractivity contribution in [1.29, 1.82) is 0 Å². The van der Waals surface area contributed by atoms with Crippen LogP contribution >= 0.6 is 0 Å². The maximum Gasteiger partial charge on any atom is 0.326 e. The standard InChI is InChI=1S/C11H16N4O3/c1-3-7(11(17)18)13-9-6-5-8(14-15-9)10(16)12-4-2/h5-7H,3-4H2,1-2H3,(H,12,16)(H,13,15)(H,17,18). The van der Waals surface area contributed by atoms with E-state index in [-0.39, 0.29) is 11.6 Å². The Morgan fingerprint density at radius 2 is 2.06 bits per heavy atom. The number of amides is 1. The van der Waals surface area contributed by atoms with Crippen LogP contribution in [0.2, 0.25) is 0 Å². The van der Waals surface area contributed by atoms with Gasteiger partial charge in [-0.1, -0.05) is 6.92 Å². The predicted molar refractivity (Wildman–Crippen MR) is 65.4 cm³/mol. The summed E-state index contributed by atoms with van der Waals surface area (Å²) in [6, 6.07) is 2.31. The summed E-state index contributed by atoms with van der Waals surface area (Å²) in [5.41, 5.74) is 0.200. The van der Waals surface area contributed by atoms with Crippen molar-refractivity contribution in [2.24, 2.45) is 0 Å². The number of aliphatic carboxylic acids is 1. The maximum absolute atomic E-state index is 11.4. The van der Waals surface area contributed by atoms with Gasteiger partial charge >= 0.3 is 5.97 Å². The zero-order valence-electron chi connectivity index (χ0n) is 10.3. The monoisotopic (exact) mass is 252 g/mol. The highest BCUT2D eigenvalue weighted by Crippen LogP contribution is 2.06. The van der Waals surface area contributed by atoms with E-state index in [1.54, 1.807) is 13.8 Å². The number of aromatic nitrogens is 2. The van der Waals surface area contributed by atoms with Crippen LogP contribution in [0.3, 0.4) is 0 Å². The Bertz CT molecular complexity index is 419. The molecule has 1 aromatic heterocycles. The van der Waals surface area contributed by atoms with Crippen LogP contribution in [0.25, 0.3) is 0 Å². The van der Waals surface area contributed by atoms with Crippen LogP contribution in [-0.2, 0) is 4.79 Å². The van der Waals surface area contributed by atoms with Gasteiger partial charge in [0.1, 0.15) is 11.9 Å². The number of carbonyl (C=O) groups is 2. The molecule has 18 heavy (non-hydrogen) atoms. The van der Waals surface area contributed by atoms with E-state index in [1.807, 2.05) is 0 Å². The van der Waals surface area contributed by atoms with Crippen molar-refractivity contribution >= 4 is 17.7 Å². The van der Waals surface area contributed by atoms with Crippen LogP contribution in [0.15, 0.2) is 12.1 Å². The van der Waals surface area contributed by atoms with Crippen LogP contribution in [0.1, 0.15) is 30.8 Å². The van der Waals surface area contributed by atoms with E-state index in [9.17, 15) is 9.59 Å². The highest BCUT2D eigenvalue weighted by Gasteiger charge is 2.15. The van der Waals surface area contributed by atoms with Gasteiger partial charge in [-0.05, 0) is 25.5 Å². The van der Waals surface area contributed by atoms with Gasteiger partial charge < -0.3 is 15.7 Å². The first-order valence-electron chi connectivity index (χ1n) is 5.69. The van der Waals surface area contributed by atoms with E-state index in [1.165, 1.54) is 12.1 Å². The number of hydrogen-bond donors (Lipinski definition) is 3. The number of rotatable bonds is 6. The third kappa shape index (κ3) is 3.69. The average Bonchev–Trinajstić information content (AvgIpc) is 2.36. The Morgan fingerprint density at radius 1 is 1.33 bits per heavy atom. The predicted octanol–water partition coefficient (Wildman–Crippen LogP) is 0.501. The lowest BCUT2D eigenvalue weighted by Gasteiger charge is -2.12. The number of carboxylic acid groups (broad SMARTS) is 1. The molecule has 1 unspecified atom stereocenters. The fourth-order valence-corrected chi connectivity index (χ4v) is 1.30. The minimum Gasteiger partial charge on any atom is -0.480 e. The summed E-state index contributed by atoms with van der Waals surface area (Å²) in [7, 11) is 0. The molecule has 0 aliphatic rings. The molecule has 0 fully saturated rings. The molecular weight excluding hydrogens is 236 g/mol. The highest BCUT2D eigenvalue weighted by atomic mass is 16.4. The first-order valence-corrected chi connectivity index (χ1v) is 5.69. The lowest BCUT2D eigenvalue weighted by atomic mass is 10.2. The molecule has 1 rings (SSSR count). The molecule has 0 aliphatic heterocycles. The minimum atomic E-state index is -0.952. The third-order valence-electron chi connectivity index (χ3n) is 2.26. The Balaban J connectivity index is 2.71.